The van der Waals surface area contributed by atoms with Gasteiger partial charge in [0.05, 0.1) is 26.1 Å². The van der Waals surface area contributed by atoms with Crippen LogP contribution >= 0.6 is 21.6 Å². The fraction of sp³-hybridized carbons (Fsp3) is 0.812. The van der Waals surface area contributed by atoms with Gasteiger partial charge in [-0.1, -0.05) is 60.9 Å². The van der Waals surface area contributed by atoms with Crippen molar-refractivity contribution in [2.75, 3.05) is 37.8 Å². The van der Waals surface area contributed by atoms with Crippen molar-refractivity contribution in [3.63, 3.8) is 0 Å². The molecule has 0 aliphatic rings. The van der Waals surface area contributed by atoms with Crippen LogP contribution in [0.5, 0.6) is 0 Å². The van der Waals surface area contributed by atoms with E-state index in [-0.39, 0.29) is 37.4 Å². The second-order valence-electron chi connectivity index (χ2n) is 16.1. The molecule has 0 heterocycles. The van der Waals surface area contributed by atoms with E-state index < -0.39 is 75.4 Å². The van der Waals surface area contributed by atoms with Crippen molar-refractivity contribution in [2.45, 2.75) is 129 Å². The Labute approximate surface area is 308 Å². The summed E-state index contributed by atoms with van der Waals surface area (Å²) >= 11 is 0. The molecule has 0 spiro atoms. The molecule has 2 atom stereocenters. The lowest BCUT2D eigenvalue weighted by molar-refractivity contribution is -0.144. The maximum atomic E-state index is 13.0. The van der Waals surface area contributed by atoms with Gasteiger partial charge in [-0.15, -0.1) is 0 Å². The molecule has 0 radical (unpaired) electrons. The van der Waals surface area contributed by atoms with Gasteiger partial charge in [-0.3, -0.25) is 19.2 Å². The van der Waals surface area contributed by atoms with Crippen molar-refractivity contribution < 1.29 is 47.7 Å². The molecule has 4 amide bonds. The summed E-state index contributed by atoms with van der Waals surface area (Å²) in [5.74, 6) is -1.77. The first-order chi connectivity index (χ1) is 22.8. The normalized spacial score (nSPS) is 13.3. The zero-order valence-corrected chi connectivity index (χ0v) is 35.8. The number of rotatable bonds is 21. The zero-order chi connectivity index (χ0) is 38.8. The lowest BCUT2D eigenvalue weighted by atomic mass is 10.2. The SMILES string of the molecule is CC(C)(C)OC(=O)N[C@@H](CSSC[C@H](NC(=O)OC(C)(C)C)C(=O)NCCC(=O)OCC[Si](C)(C)C)C(=O)NCCC(=O)OCC[Si](C)(C)C. The van der Waals surface area contributed by atoms with Crippen LogP contribution < -0.4 is 21.3 Å². The Morgan fingerprint density at radius 2 is 0.900 bits per heavy atom. The highest BCUT2D eigenvalue weighted by atomic mass is 33.1. The lowest BCUT2D eigenvalue weighted by Crippen LogP contribution is -2.50. The second-order valence-corrected chi connectivity index (χ2v) is 29.9. The molecular weight excluding hydrogens is 721 g/mol. The molecule has 4 N–H and O–H groups in total. The molecule has 0 fully saturated rings. The van der Waals surface area contributed by atoms with Crippen LogP contribution in [0.25, 0.3) is 0 Å². The van der Waals surface area contributed by atoms with E-state index in [1.807, 2.05) is 0 Å². The van der Waals surface area contributed by atoms with Gasteiger partial charge in [0.1, 0.15) is 23.3 Å². The summed E-state index contributed by atoms with van der Waals surface area (Å²) in [6.45, 7) is 24.0. The maximum absolute atomic E-state index is 13.0. The molecular formula is C32H62N4O10S2Si2. The van der Waals surface area contributed by atoms with Crippen LogP contribution in [0.3, 0.4) is 0 Å². The molecule has 0 aromatic heterocycles. The number of alkyl carbamates (subject to hydrolysis) is 2. The zero-order valence-electron chi connectivity index (χ0n) is 32.1. The van der Waals surface area contributed by atoms with Gasteiger partial charge in [0.25, 0.3) is 0 Å². The van der Waals surface area contributed by atoms with Crippen LogP contribution in [0.2, 0.25) is 51.4 Å². The molecule has 0 saturated carbocycles. The average Bonchev–Trinajstić information content (AvgIpc) is 2.90. The Kier molecular flexibility index (Phi) is 21.4. The van der Waals surface area contributed by atoms with Crippen molar-refractivity contribution in [3.8, 4) is 0 Å². The smallest absolute Gasteiger partial charge is 0.408 e. The third kappa shape index (κ3) is 28.3. The number of esters is 2. The maximum Gasteiger partial charge on any atom is 0.408 e. The van der Waals surface area contributed by atoms with Crippen molar-refractivity contribution in [1.29, 1.82) is 0 Å². The number of carbonyl (C=O) groups excluding carboxylic acids is 6. The molecule has 0 aromatic rings. The fourth-order valence-electron chi connectivity index (χ4n) is 3.41. The number of carbonyl (C=O) groups is 6. The Bertz CT molecular complexity index is 1030. The summed E-state index contributed by atoms with van der Waals surface area (Å²) in [4.78, 5) is 75.4. The van der Waals surface area contributed by atoms with Gasteiger partial charge in [0, 0.05) is 40.7 Å². The van der Waals surface area contributed by atoms with Gasteiger partial charge in [-0.2, -0.15) is 0 Å². The minimum absolute atomic E-state index is 0.0167. The van der Waals surface area contributed by atoms with Gasteiger partial charge in [-0.05, 0) is 53.6 Å². The summed E-state index contributed by atoms with van der Waals surface area (Å²) in [5, 5.41) is 10.4. The number of amides is 4. The van der Waals surface area contributed by atoms with Gasteiger partial charge >= 0.3 is 24.1 Å². The molecule has 0 bridgehead atoms. The molecule has 0 unspecified atom stereocenters. The number of hydrogen-bond donors (Lipinski definition) is 4. The highest BCUT2D eigenvalue weighted by molar-refractivity contribution is 8.76. The first-order valence-electron chi connectivity index (χ1n) is 16.9. The van der Waals surface area contributed by atoms with Crippen molar-refractivity contribution in [1.82, 2.24) is 21.3 Å². The minimum Gasteiger partial charge on any atom is -0.466 e. The highest BCUT2D eigenvalue weighted by Gasteiger charge is 2.27. The van der Waals surface area contributed by atoms with Crippen LogP contribution in [-0.4, -0.2) is 113 Å². The first-order valence-corrected chi connectivity index (χ1v) is 26.8. The molecule has 0 aliphatic carbocycles. The molecule has 50 heavy (non-hydrogen) atoms. The summed E-state index contributed by atoms with van der Waals surface area (Å²) in [6, 6.07) is -0.400. The van der Waals surface area contributed by atoms with Crippen LogP contribution in [0, 0.1) is 0 Å². The first kappa shape index (κ1) is 47.6. The topological polar surface area (TPSA) is 187 Å². The highest BCUT2D eigenvalue weighted by Crippen LogP contribution is 2.24. The summed E-state index contributed by atoms with van der Waals surface area (Å²) in [7, 11) is -0.347. The number of ether oxygens (including phenoxy) is 4. The van der Waals surface area contributed by atoms with E-state index >= 15 is 0 Å². The number of hydrogen-bond acceptors (Lipinski definition) is 12. The minimum atomic E-state index is -1.36. The summed E-state index contributed by atoms with van der Waals surface area (Å²) in [6.07, 6.45) is -1.64. The van der Waals surface area contributed by atoms with Gasteiger partial charge in [0.2, 0.25) is 11.8 Å². The third-order valence-corrected chi connectivity index (χ3v) is 11.9. The molecule has 0 aliphatic heterocycles. The molecule has 0 aromatic carbocycles. The molecule has 0 rings (SSSR count). The van der Waals surface area contributed by atoms with E-state index in [1.165, 1.54) is 21.6 Å². The standard InChI is InChI=1S/C32H62N4O10S2Si2/c1-31(2,3)45-29(41)35-23(27(39)33-15-13-25(37)43-17-19-49(7,8)9)21-47-48-22-24(36-30(42)46-32(4,5)6)28(40)34-16-14-26(38)44-18-20-50(10,11)12/h23-24H,13-22H2,1-12H3,(H,33,39)(H,34,40)(H,35,41)(H,36,42)/t23-,24-/m0/s1. The predicted molar refractivity (Wildman–Crippen MR) is 205 cm³/mol. The van der Waals surface area contributed by atoms with Crippen molar-refractivity contribution in [3.05, 3.63) is 0 Å². The Hall–Kier alpha value is -2.45. The average molecular weight is 783 g/mol. The second kappa shape index (κ2) is 22.5. The largest absolute Gasteiger partial charge is 0.466 e. The monoisotopic (exact) mass is 782 g/mol. The van der Waals surface area contributed by atoms with E-state index in [0.29, 0.717) is 13.2 Å². The van der Waals surface area contributed by atoms with Gasteiger partial charge in [0.15, 0.2) is 0 Å². The van der Waals surface area contributed by atoms with Gasteiger partial charge < -0.3 is 40.2 Å². The molecule has 14 nitrogen and oxygen atoms in total. The van der Waals surface area contributed by atoms with Crippen LogP contribution in [0.15, 0.2) is 0 Å². The quantitative estimate of drug-likeness (QED) is 0.0405. The Balaban J connectivity index is 5.29. The fourth-order valence-corrected chi connectivity index (χ4v) is 7.16. The predicted octanol–water partition coefficient (Wildman–Crippen LogP) is 4.93. The van der Waals surface area contributed by atoms with Crippen LogP contribution in [0.4, 0.5) is 9.59 Å². The lowest BCUT2D eigenvalue weighted by Gasteiger charge is -2.24. The van der Waals surface area contributed by atoms with E-state index in [1.54, 1.807) is 41.5 Å². The van der Waals surface area contributed by atoms with Crippen molar-refractivity contribution in [2.24, 2.45) is 0 Å². The summed E-state index contributed by atoms with van der Waals surface area (Å²) in [5.41, 5.74) is -1.60. The molecule has 18 heteroatoms. The Morgan fingerprint density at radius 1 is 0.580 bits per heavy atom. The summed E-state index contributed by atoms with van der Waals surface area (Å²) < 4.78 is 21.2. The van der Waals surface area contributed by atoms with E-state index in [9.17, 15) is 28.8 Å². The van der Waals surface area contributed by atoms with E-state index in [4.69, 9.17) is 18.9 Å². The van der Waals surface area contributed by atoms with E-state index in [2.05, 4.69) is 60.5 Å². The van der Waals surface area contributed by atoms with E-state index in [0.717, 1.165) is 12.1 Å². The third-order valence-electron chi connectivity index (χ3n) is 6.05. The van der Waals surface area contributed by atoms with Crippen LogP contribution in [0.1, 0.15) is 54.4 Å². The Morgan fingerprint density at radius 3 is 1.18 bits per heavy atom. The number of nitrogens with one attached hydrogen (secondary N) is 4. The van der Waals surface area contributed by atoms with Crippen LogP contribution in [-0.2, 0) is 38.1 Å². The van der Waals surface area contributed by atoms with Crippen molar-refractivity contribution >= 4 is 73.7 Å². The molecule has 290 valence electrons. The molecule has 0 saturated heterocycles. The van der Waals surface area contributed by atoms with Gasteiger partial charge in [-0.25, -0.2) is 9.59 Å².